The Morgan fingerprint density at radius 2 is 1.59 bits per heavy atom. The van der Waals surface area contributed by atoms with Gasteiger partial charge in [-0.1, -0.05) is 82.5 Å². The van der Waals surface area contributed by atoms with Crippen molar-refractivity contribution in [3.63, 3.8) is 0 Å². The summed E-state index contributed by atoms with van der Waals surface area (Å²) in [6.45, 7) is 4.93. The standard InChI is InChI=1S/C28H30BrCl2N3O4S/c1-4-19(2)32-28(36)20(3)33(17-21-13-15-22(29)16-14-21)26(35)18-34(25-12-8-11-24(30)27(25)31)39(37,38)23-9-6-5-7-10-23/h5-16,19-20H,4,17-18H2,1-3H3,(H,32,36)/t19-,20-/m0/s1. The Kier molecular flexibility index (Phi) is 10.8. The number of amides is 2. The van der Waals surface area contributed by atoms with E-state index in [-0.39, 0.29) is 39.1 Å². The Labute approximate surface area is 248 Å². The smallest absolute Gasteiger partial charge is 0.264 e. The molecule has 0 spiro atoms. The fraction of sp³-hybridized carbons (Fsp3) is 0.286. The minimum absolute atomic E-state index is 0.00602. The van der Waals surface area contributed by atoms with Crippen LogP contribution in [0.3, 0.4) is 0 Å². The lowest BCUT2D eigenvalue weighted by Crippen LogP contribution is -2.52. The van der Waals surface area contributed by atoms with E-state index >= 15 is 0 Å². The van der Waals surface area contributed by atoms with Crippen molar-refractivity contribution in [2.45, 2.75) is 50.7 Å². The maximum atomic E-state index is 13.9. The van der Waals surface area contributed by atoms with Gasteiger partial charge < -0.3 is 10.2 Å². The monoisotopic (exact) mass is 653 g/mol. The molecule has 0 bridgehead atoms. The highest BCUT2D eigenvalue weighted by Crippen LogP contribution is 2.35. The van der Waals surface area contributed by atoms with E-state index in [0.29, 0.717) is 0 Å². The number of rotatable bonds is 11. The van der Waals surface area contributed by atoms with E-state index in [0.717, 1.165) is 20.8 Å². The zero-order valence-electron chi connectivity index (χ0n) is 21.8. The summed E-state index contributed by atoms with van der Waals surface area (Å²) in [5, 5.41) is 3.04. The Hall–Kier alpha value is -2.59. The van der Waals surface area contributed by atoms with Gasteiger partial charge in [0.1, 0.15) is 12.6 Å². The van der Waals surface area contributed by atoms with Gasteiger partial charge in [0.15, 0.2) is 0 Å². The maximum Gasteiger partial charge on any atom is 0.264 e. The van der Waals surface area contributed by atoms with Crippen LogP contribution < -0.4 is 9.62 Å². The molecular formula is C28H30BrCl2N3O4S. The zero-order valence-corrected chi connectivity index (χ0v) is 25.7. The molecule has 39 heavy (non-hydrogen) atoms. The highest BCUT2D eigenvalue weighted by atomic mass is 79.9. The number of carbonyl (C=O) groups is 2. The summed E-state index contributed by atoms with van der Waals surface area (Å²) in [5.74, 6) is -0.923. The van der Waals surface area contributed by atoms with Crippen LogP contribution in [-0.4, -0.2) is 43.8 Å². The van der Waals surface area contributed by atoms with Gasteiger partial charge in [0, 0.05) is 17.1 Å². The van der Waals surface area contributed by atoms with Gasteiger partial charge in [0.25, 0.3) is 10.0 Å². The molecule has 0 aromatic heterocycles. The number of benzene rings is 3. The lowest BCUT2D eigenvalue weighted by atomic mass is 10.1. The Bertz CT molecular complexity index is 1410. The average molecular weight is 655 g/mol. The third-order valence-corrected chi connectivity index (χ3v) is 9.36. The molecule has 0 saturated carbocycles. The van der Waals surface area contributed by atoms with Crippen molar-refractivity contribution < 1.29 is 18.0 Å². The Morgan fingerprint density at radius 1 is 0.949 bits per heavy atom. The van der Waals surface area contributed by atoms with Crippen molar-refractivity contribution in [2.75, 3.05) is 10.8 Å². The minimum atomic E-state index is -4.23. The van der Waals surface area contributed by atoms with Gasteiger partial charge in [-0.05, 0) is 62.2 Å². The summed E-state index contributed by atoms with van der Waals surface area (Å²) in [7, 11) is -4.23. The summed E-state index contributed by atoms with van der Waals surface area (Å²) in [6.07, 6.45) is 0.718. The topological polar surface area (TPSA) is 86.8 Å². The minimum Gasteiger partial charge on any atom is -0.352 e. The summed E-state index contributed by atoms with van der Waals surface area (Å²) in [6, 6.07) is 18.7. The van der Waals surface area contributed by atoms with Gasteiger partial charge in [-0.2, -0.15) is 0 Å². The van der Waals surface area contributed by atoms with Crippen molar-refractivity contribution in [1.29, 1.82) is 0 Å². The fourth-order valence-corrected chi connectivity index (χ4v) is 5.91. The van der Waals surface area contributed by atoms with E-state index < -0.39 is 28.5 Å². The van der Waals surface area contributed by atoms with Crippen LogP contribution in [-0.2, 0) is 26.2 Å². The Balaban J connectivity index is 2.05. The second kappa shape index (κ2) is 13.7. The molecule has 0 fully saturated rings. The third-order valence-electron chi connectivity index (χ3n) is 6.24. The molecule has 7 nitrogen and oxygen atoms in total. The first-order valence-electron chi connectivity index (χ1n) is 12.3. The average Bonchev–Trinajstić information content (AvgIpc) is 2.92. The lowest BCUT2D eigenvalue weighted by molar-refractivity contribution is -0.139. The van der Waals surface area contributed by atoms with E-state index in [1.165, 1.54) is 29.2 Å². The first-order valence-corrected chi connectivity index (χ1v) is 15.3. The van der Waals surface area contributed by atoms with Crippen molar-refractivity contribution in [1.82, 2.24) is 10.2 Å². The predicted octanol–water partition coefficient (Wildman–Crippen LogP) is 6.28. The van der Waals surface area contributed by atoms with Gasteiger partial charge in [0.2, 0.25) is 11.8 Å². The molecule has 0 unspecified atom stereocenters. The van der Waals surface area contributed by atoms with E-state index in [1.807, 2.05) is 38.1 Å². The molecule has 11 heteroatoms. The molecule has 0 saturated heterocycles. The molecule has 0 radical (unpaired) electrons. The number of hydrogen-bond acceptors (Lipinski definition) is 4. The quantitative estimate of drug-likeness (QED) is 0.264. The number of hydrogen-bond donors (Lipinski definition) is 1. The van der Waals surface area contributed by atoms with E-state index in [2.05, 4.69) is 21.2 Å². The van der Waals surface area contributed by atoms with Crippen LogP contribution in [0.4, 0.5) is 5.69 Å². The SMILES string of the molecule is CC[C@H](C)NC(=O)[C@H](C)N(Cc1ccc(Br)cc1)C(=O)CN(c1cccc(Cl)c1Cl)S(=O)(=O)c1ccccc1. The number of nitrogens with one attached hydrogen (secondary N) is 1. The molecule has 0 aliphatic heterocycles. The van der Waals surface area contributed by atoms with Crippen LogP contribution in [0.5, 0.6) is 0 Å². The number of anilines is 1. The molecule has 2 amide bonds. The number of nitrogens with zero attached hydrogens (tertiary/aromatic N) is 2. The van der Waals surface area contributed by atoms with Crippen LogP contribution in [0.1, 0.15) is 32.8 Å². The van der Waals surface area contributed by atoms with Gasteiger partial charge in [-0.15, -0.1) is 0 Å². The Morgan fingerprint density at radius 3 is 2.21 bits per heavy atom. The first kappa shape index (κ1) is 30.9. The summed E-state index contributed by atoms with van der Waals surface area (Å²) in [5.41, 5.74) is 0.828. The molecule has 3 aromatic carbocycles. The van der Waals surface area contributed by atoms with Gasteiger partial charge in [-0.25, -0.2) is 8.42 Å². The second-order valence-corrected chi connectivity index (χ2v) is 12.6. The lowest BCUT2D eigenvalue weighted by Gasteiger charge is -2.32. The molecular weight excluding hydrogens is 625 g/mol. The maximum absolute atomic E-state index is 13.9. The van der Waals surface area contributed by atoms with Crippen molar-refractivity contribution in [3.8, 4) is 0 Å². The third kappa shape index (κ3) is 7.75. The number of carbonyl (C=O) groups excluding carboxylic acids is 2. The highest BCUT2D eigenvalue weighted by molar-refractivity contribution is 9.10. The molecule has 3 aromatic rings. The number of halogens is 3. The largest absolute Gasteiger partial charge is 0.352 e. The summed E-state index contributed by atoms with van der Waals surface area (Å²) in [4.78, 5) is 28.4. The van der Waals surface area contributed by atoms with Crippen LogP contribution >= 0.6 is 39.1 Å². The van der Waals surface area contributed by atoms with Gasteiger partial charge in [-0.3, -0.25) is 13.9 Å². The van der Waals surface area contributed by atoms with Gasteiger partial charge >= 0.3 is 0 Å². The molecule has 0 aliphatic rings. The first-order chi connectivity index (χ1) is 18.4. The predicted molar refractivity (Wildman–Crippen MR) is 159 cm³/mol. The van der Waals surface area contributed by atoms with E-state index in [1.54, 1.807) is 31.2 Å². The second-order valence-electron chi connectivity index (χ2n) is 9.04. The van der Waals surface area contributed by atoms with E-state index in [9.17, 15) is 18.0 Å². The fourth-order valence-electron chi connectivity index (χ4n) is 3.75. The molecule has 3 rings (SSSR count). The van der Waals surface area contributed by atoms with Crippen molar-refractivity contribution >= 4 is 66.7 Å². The van der Waals surface area contributed by atoms with Crippen LogP contribution in [0.25, 0.3) is 0 Å². The molecule has 0 heterocycles. The van der Waals surface area contributed by atoms with Crippen LogP contribution in [0, 0.1) is 0 Å². The number of sulfonamides is 1. The van der Waals surface area contributed by atoms with Gasteiger partial charge in [0.05, 0.1) is 20.6 Å². The normalized spacial score (nSPS) is 12.9. The van der Waals surface area contributed by atoms with E-state index in [4.69, 9.17) is 23.2 Å². The summed E-state index contributed by atoms with van der Waals surface area (Å²) >= 11 is 16.1. The molecule has 2 atom stereocenters. The molecule has 1 N–H and O–H groups in total. The zero-order chi connectivity index (χ0) is 28.7. The summed E-state index contributed by atoms with van der Waals surface area (Å²) < 4.78 is 29.4. The highest BCUT2D eigenvalue weighted by Gasteiger charge is 2.33. The molecule has 0 aliphatic carbocycles. The van der Waals surface area contributed by atoms with Crippen molar-refractivity contribution in [2.24, 2.45) is 0 Å². The molecule has 208 valence electrons. The van der Waals surface area contributed by atoms with Crippen molar-refractivity contribution in [3.05, 3.63) is 92.9 Å². The van der Waals surface area contributed by atoms with Crippen LogP contribution in [0.15, 0.2) is 82.2 Å². The van der Waals surface area contributed by atoms with Crippen LogP contribution in [0.2, 0.25) is 10.0 Å².